The van der Waals surface area contributed by atoms with Crippen molar-refractivity contribution in [2.24, 2.45) is 0 Å². The maximum Gasteiger partial charge on any atom is 0.323 e. The molecule has 1 rings (SSSR count). The highest BCUT2D eigenvalue weighted by Crippen LogP contribution is 2.32. The van der Waals surface area contributed by atoms with Crippen molar-refractivity contribution in [3.05, 3.63) is 19.2 Å². The Hall–Kier alpha value is -0.440. The number of rotatable bonds is 6. The van der Waals surface area contributed by atoms with Crippen LogP contribution in [0.15, 0.2) is 14.3 Å². The van der Waals surface area contributed by atoms with Crippen LogP contribution in [0.5, 0.6) is 0 Å². The molecule has 19 heavy (non-hydrogen) atoms. The molecule has 0 saturated carbocycles. The molecule has 0 fully saturated rings. The molecule has 0 spiro atoms. The number of thiophene rings is 1. The molecule has 106 valence electrons. The topological polar surface area (TPSA) is 60.9 Å². The first-order valence-electron chi connectivity index (χ1n) is 5.42. The summed E-state index contributed by atoms with van der Waals surface area (Å²) in [4.78, 5) is 26.9. The highest BCUT2D eigenvalue weighted by Gasteiger charge is 2.21. The smallest absolute Gasteiger partial charge is 0.323 e. The monoisotopic (exact) mass is 412 g/mol. The zero-order chi connectivity index (χ0) is 14.6. The van der Waals surface area contributed by atoms with Crippen molar-refractivity contribution >= 4 is 55.1 Å². The second kappa shape index (κ2) is 7.37. The Labute approximate surface area is 132 Å². The van der Waals surface area contributed by atoms with E-state index in [1.165, 1.54) is 16.2 Å². The van der Waals surface area contributed by atoms with Gasteiger partial charge in [-0.05, 0) is 52.0 Å². The predicted octanol–water partition coefficient (Wildman–Crippen LogP) is 2.36. The molecule has 1 aromatic heterocycles. The maximum atomic E-state index is 12.3. The van der Waals surface area contributed by atoms with Crippen LogP contribution in [0.4, 0.5) is 0 Å². The van der Waals surface area contributed by atoms with Crippen LogP contribution < -0.4 is 0 Å². The number of likely N-dealkylation sites (N-methyl/N-ethyl adjacent to an activating group) is 1. The van der Waals surface area contributed by atoms with Crippen molar-refractivity contribution in [3.8, 4) is 0 Å². The van der Waals surface area contributed by atoms with Crippen molar-refractivity contribution in [1.29, 1.82) is 0 Å². The van der Waals surface area contributed by atoms with Gasteiger partial charge in [0.05, 0.1) is 8.66 Å². The van der Waals surface area contributed by atoms with Crippen LogP contribution in [-0.4, -0.2) is 60.5 Å². The number of carbonyl (C=O) groups excluding carboxylic acids is 1. The Morgan fingerprint density at radius 1 is 1.32 bits per heavy atom. The minimum absolute atomic E-state index is 0.263. The first kappa shape index (κ1) is 16.6. The van der Waals surface area contributed by atoms with E-state index >= 15 is 0 Å². The standard InChI is InChI=1S/C11H14Br2N2O3S/c1-14(2)3-4-15(6-9(16)17)11(18)8-5-7(12)10(13)19-8/h5H,3-4,6H2,1-2H3,(H,16,17). The average molecular weight is 414 g/mol. The lowest BCUT2D eigenvalue weighted by Gasteiger charge is -2.22. The molecule has 0 bridgehead atoms. The molecule has 0 aliphatic rings. The summed E-state index contributed by atoms with van der Waals surface area (Å²) in [5, 5.41) is 8.88. The van der Waals surface area contributed by atoms with Crippen molar-refractivity contribution in [2.45, 2.75) is 0 Å². The maximum absolute atomic E-state index is 12.3. The molecule has 8 heteroatoms. The molecule has 1 heterocycles. The molecule has 1 aromatic rings. The quantitative estimate of drug-likeness (QED) is 0.777. The van der Waals surface area contributed by atoms with Gasteiger partial charge >= 0.3 is 5.97 Å². The highest BCUT2D eigenvalue weighted by atomic mass is 79.9. The second-order valence-electron chi connectivity index (χ2n) is 4.16. The van der Waals surface area contributed by atoms with Crippen LogP contribution in [-0.2, 0) is 4.79 Å². The van der Waals surface area contributed by atoms with Crippen LogP contribution in [0.1, 0.15) is 9.67 Å². The predicted molar refractivity (Wildman–Crippen MR) is 81.8 cm³/mol. The summed E-state index contributed by atoms with van der Waals surface area (Å²) in [6.07, 6.45) is 0. The van der Waals surface area contributed by atoms with E-state index in [0.717, 1.165) is 8.26 Å². The fourth-order valence-electron chi connectivity index (χ4n) is 1.34. The van der Waals surface area contributed by atoms with E-state index in [1.54, 1.807) is 6.07 Å². The summed E-state index contributed by atoms with van der Waals surface area (Å²) < 4.78 is 1.61. The highest BCUT2D eigenvalue weighted by molar-refractivity contribution is 9.13. The summed E-state index contributed by atoms with van der Waals surface area (Å²) in [7, 11) is 3.75. The van der Waals surface area contributed by atoms with Crippen LogP contribution >= 0.6 is 43.2 Å². The van der Waals surface area contributed by atoms with Gasteiger partial charge < -0.3 is 14.9 Å². The number of hydrogen-bond acceptors (Lipinski definition) is 4. The third kappa shape index (κ3) is 5.21. The normalized spacial score (nSPS) is 10.8. The van der Waals surface area contributed by atoms with Gasteiger partial charge in [-0.1, -0.05) is 0 Å². The average Bonchev–Trinajstić information content (AvgIpc) is 2.63. The van der Waals surface area contributed by atoms with Gasteiger partial charge in [0, 0.05) is 17.6 Å². The van der Waals surface area contributed by atoms with Gasteiger partial charge in [0.1, 0.15) is 6.54 Å². The van der Waals surface area contributed by atoms with Crippen LogP contribution in [0, 0.1) is 0 Å². The number of hydrogen-bond donors (Lipinski definition) is 1. The molecule has 1 amide bonds. The van der Waals surface area contributed by atoms with Crippen LogP contribution in [0.3, 0.4) is 0 Å². The molecule has 0 aliphatic heterocycles. The fourth-order valence-corrected chi connectivity index (χ4v) is 3.35. The lowest BCUT2D eigenvalue weighted by molar-refractivity contribution is -0.137. The molecule has 0 unspecified atom stereocenters. The Balaban J connectivity index is 2.83. The van der Waals surface area contributed by atoms with Gasteiger partial charge in [-0.25, -0.2) is 0 Å². The lowest BCUT2D eigenvalue weighted by Crippen LogP contribution is -2.39. The van der Waals surface area contributed by atoms with Gasteiger partial charge in [-0.3, -0.25) is 9.59 Å². The zero-order valence-electron chi connectivity index (χ0n) is 10.5. The third-order valence-electron chi connectivity index (χ3n) is 2.29. The number of aliphatic carboxylic acids is 1. The Morgan fingerprint density at radius 2 is 1.95 bits per heavy atom. The summed E-state index contributed by atoms with van der Waals surface area (Å²) in [5.41, 5.74) is 0. The number of halogens is 2. The molecular formula is C11H14Br2N2O3S. The third-order valence-corrected chi connectivity index (χ3v) is 5.53. The molecule has 5 nitrogen and oxygen atoms in total. The van der Waals surface area contributed by atoms with Crippen molar-refractivity contribution in [2.75, 3.05) is 33.7 Å². The minimum atomic E-state index is -1.01. The largest absolute Gasteiger partial charge is 0.480 e. The molecule has 0 radical (unpaired) electrons. The van der Waals surface area contributed by atoms with Crippen molar-refractivity contribution in [3.63, 3.8) is 0 Å². The second-order valence-corrected chi connectivity index (χ2v) is 7.38. The van der Waals surface area contributed by atoms with E-state index in [1.807, 2.05) is 19.0 Å². The van der Waals surface area contributed by atoms with E-state index in [2.05, 4.69) is 31.9 Å². The zero-order valence-corrected chi connectivity index (χ0v) is 14.5. The molecule has 0 aliphatic carbocycles. The first-order valence-corrected chi connectivity index (χ1v) is 7.82. The van der Waals surface area contributed by atoms with E-state index in [0.29, 0.717) is 18.0 Å². The summed E-state index contributed by atoms with van der Waals surface area (Å²) in [6, 6.07) is 1.70. The van der Waals surface area contributed by atoms with Crippen molar-refractivity contribution < 1.29 is 14.7 Å². The summed E-state index contributed by atoms with van der Waals surface area (Å²) >= 11 is 7.92. The molecule has 0 atom stereocenters. The van der Waals surface area contributed by atoms with Gasteiger partial charge in [0.2, 0.25) is 0 Å². The van der Waals surface area contributed by atoms with Crippen LogP contribution in [0.25, 0.3) is 0 Å². The number of carboxylic acids is 1. The number of nitrogens with zero attached hydrogens (tertiary/aromatic N) is 2. The Morgan fingerprint density at radius 3 is 2.37 bits per heavy atom. The first-order chi connectivity index (χ1) is 8.81. The minimum Gasteiger partial charge on any atom is -0.480 e. The number of carboxylic acid groups (broad SMARTS) is 1. The summed E-state index contributed by atoms with van der Waals surface area (Å²) in [5.74, 6) is -1.28. The van der Waals surface area contributed by atoms with E-state index in [9.17, 15) is 9.59 Å². The molecular weight excluding hydrogens is 400 g/mol. The lowest BCUT2D eigenvalue weighted by atomic mass is 10.3. The van der Waals surface area contributed by atoms with Gasteiger partial charge in [-0.2, -0.15) is 0 Å². The fraction of sp³-hybridized carbons (Fsp3) is 0.455. The van der Waals surface area contributed by atoms with Crippen LogP contribution in [0.2, 0.25) is 0 Å². The number of carbonyl (C=O) groups is 2. The number of amides is 1. The summed E-state index contributed by atoms with van der Waals surface area (Å²) in [6.45, 7) is 0.706. The van der Waals surface area contributed by atoms with E-state index < -0.39 is 5.97 Å². The van der Waals surface area contributed by atoms with Gasteiger partial charge in [-0.15, -0.1) is 11.3 Å². The van der Waals surface area contributed by atoms with E-state index in [4.69, 9.17) is 5.11 Å². The Bertz CT molecular complexity index is 457. The molecule has 0 saturated heterocycles. The Kier molecular flexibility index (Phi) is 6.45. The van der Waals surface area contributed by atoms with E-state index in [-0.39, 0.29) is 12.5 Å². The van der Waals surface area contributed by atoms with Gasteiger partial charge in [0.15, 0.2) is 0 Å². The van der Waals surface area contributed by atoms with Gasteiger partial charge in [0.25, 0.3) is 5.91 Å². The SMILES string of the molecule is CN(C)CCN(CC(=O)O)C(=O)c1cc(Br)c(Br)s1. The molecule has 0 aromatic carbocycles. The molecule has 1 N–H and O–H groups in total. The van der Waals surface area contributed by atoms with Crippen molar-refractivity contribution in [1.82, 2.24) is 9.80 Å².